The van der Waals surface area contributed by atoms with Crippen LogP contribution in [-0.4, -0.2) is 36.7 Å². The summed E-state index contributed by atoms with van der Waals surface area (Å²) in [6, 6.07) is 12.2. The van der Waals surface area contributed by atoms with E-state index in [9.17, 15) is 0 Å². The molecule has 0 spiro atoms. The third-order valence-corrected chi connectivity index (χ3v) is 4.95. The zero-order valence-electron chi connectivity index (χ0n) is 15.1. The Kier molecular flexibility index (Phi) is 5.32. The van der Waals surface area contributed by atoms with Gasteiger partial charge >= 0.3 is 0 Å². The van der Waals surface area contributed by atoms with Gasteiger partial charge in [0.25, 0.3) is 0 Å². The Morgan fingerprint density at radius 2 is 1.81 bits per heavy atom. The van der Waals surface area contributed by atoms with Gasteiger partial charge in [-0.3, -0.25) is 9.58 Å². The van der Waals surface area contributed by atoms with E-state index in [2.05, 4.69) is 67.8 Å². The normalized spacial score (nSPS) is 11.2. The van der Waals surface area contributed by atoms with Gasteiger partial charge in [-0.2, -0.15) is 5.10 Å². The number of thiazole rings is 1. The van der Waals surface area contributed by atoms with Crippen molar-refractivity contribution in [3.05, 3.63) is 83.4 Å². The monoisotopic (exact) mass is 376 g/mol. The highest BCUT2D eigenvalue weighted by Gasteiger charge is 2.10. The molecule has 4 rings (SSSR count). The van der Waals surface area contributed by atoms with Crippen LogP contribution in [0.4, 0.5) is 0 Å². The zero-order chi connectivity index (χ0) is 18.5. The molecule has 0 bridgehead atoms. The first kappa shape index (κ1) is 17.5. The second kappa shape index (κ2) is 8.20. The third kappa shape index (κ3) is 4.64. The molecule has 0 fully saturated rings. The first-order chi connectivity index (χ1) is 13.3. The molecule has 6 nitrogen and oxygen atoms in total. The predicted octanol–water partition coefficient (Wildman–Crippen LogP) is 3.48. The summed E-state index contributed by atoms with van der Waals surface area (Å²) >= 11 is 1.58. The van der Waals surface area contributed by atoms with Gasteiger partial charge in [-0.1, -0.05) is 30.3 Å². The van der Waals surface area contributed by atoms with Crippen molar-refractivity contribution in [1.82, 2.24) is 29.6 Å². The van der Waals surface area contributed by atoms with Gasteiger partial charge in [-0.05, 0) is 18.7 Å². The minimum absolute atomic E-state index is 0.679. The predicted molar refractivity (Wildman–Crippen MR) is 106 cm³/mol. The molecule has 0 saturated carbocycles. The van der Waals surface area contributed by atoms with Crippen molar-refractivity contribution >= 4 is 11.3 Å². The fraction of sp³-hybridized carbons (Fsp3) is 0.200. The van der Waals surface area contributed by atoms with Gasteiger partial charge in [0.15, 0.2) is 10.8 Å². The number of nitrogens with zero attached hydrogens (tertiary/aromatic N) is 6. The van der Waals surface area contributed by atoms with Gasteiger partial charge in [-0.15, -0.1) is 11.3 Å². The fourth-order valence-electron chi connectivity index (χ4n) is 2.88. The molecular formula is C20H20N6S. The van der Waals surface area contributed by atoms with Crippen LogP contribution in [0.2, 0.25) is 0 Å². The largest absolute Gasteiger partial charge is 0.296 e. The summed E-state index contributed by atoms with van der Waals surface area (Å²) < 4.78 is 1.98. The molecule has 0 aliphatic heterocycles. The molecule has 0 aliphatic rings. The molecular weight excluding hydrogens is 356 g/mol. The Bertz CT molecular complexity index is 980. The summed E-state index contributed by atoms with van der Waals surface area (Å²) in [5.74, 6) is 0.679. The van der Waals surface area contributed by atoms with Crippen LogP contribution in [0.3, 0.4) is 0 Å². The first-order valence-electron chi connectivity index (χ1n) is 8.72. The zero-order valence-corrected chi connectivity index (χ0v) is 15.9. The van der Waals surface area contributed by atoms with Gasteiger partial charge in [0.05, 0.1) is 18.4 Å². The van der Waals surface area contributed by atoms with Crippen LogP contribution in [0.25, 0.3) is 10.8 Å². The van der Waals surface area contributed by atoms with E-state index in [1.165, 1.54) is 11.1 Å². The van der Waals surface area contributed by atoms with E-state index >= 15 is 0 Å². The summed E-state index contributed by atoms with van der Waals surface area (Å²) in [4.78, 5) is 15.4. The van der Waals surface area contributed by atoms with Gasteiger partial charge in [-0.25, -0.2) is 15.0 Å². The van der Waals surface area contributed by atoms with E-state index in [0.717, 1.165) is 30.3 Å². The van der Waals surface area contributed by atoms with E-state index < -0.39 is 0 Å². The van der Waals surface area contributed by atoms with E-state index in [1.54, 1.807) is 23.7 Å². The standard InChI is InChI=1S/C20H20N6S/c1-25(14-18-15-27-20(24-18)19-21-8-5-9-22-19)11-17-10-23-26(13-17)12-16-6-3-2-4-7-16/h2-10,13,15H,11-12,14H2,1H3. The number of hydrogen-bond acceptors (Lipinski definition) is 6. The maximum Gasteiger partial charge on any atom is 0.188 e. The lowest BCUT2D eigenvalue weighted by Gasteiger charge is -2.13. The van der Waals surface area contributed by atoms with Crippen molar-refractivity contribution in [1.29, 1.82) is 0 Å². The summed E-state index contributed by atoms with van der Waals surface area (Å²) in [5.41, 5.74) is 3.47. The lowest BCUT2D eigenvalue weighted by Crippen LogP contribution is -2.17. The highest BCUT2D eigenvalue weighted by atomic mass is 32.1. The summed E-state index contributed by atoms with van der Waals surface area (Å²) in [5, 5.41) is 7.40. The van der Waals surface area contributed by atoms with E-state index in [0.29, 0.717) is 5.82 Å². The van der Waals surface area contributed by atoms with E-state index in [1.807, 2.05) is 23.0 Å². The molecule has 3 aromatic heterocycles. The van der Waals surface area contributed by atoms with Crippen LogP contribution in [0.5, 0.6) is 0 Å². The Morgan fingerprint density at radius 3 is 2.63 bits per heavy atom. The van der Waals surface area contributed by atoms with Crippen LogP contribution in [-0.2, 0) is 19.6 Å². The number of hydrogen-bond donors (Lipinski definition) is 0. The first-order valence-corrected chi connectivity index (χ1v) is 9.60. The molecule has 0 aliphatic carbocycles. The average Bonchev–Trinajstić information content (AvgIpc) is 3.33. The Morgan fingerprint density at radius 1 is 1.00 bits per heavy atom. The summed E-state index contributed by atoms with van der Waals surface area (Å²) in [7, 11) is 2.09. The lowest BCUT2D eigenvalue weighted by atomic mass is 10.2. The Balaban J connectivity index is 1.35. The van der Waals surface area contributed by atoms with Crippen LogP contribution in [0, 0.1) is 0 Å². The van der Waals surface area contributed by atoms with Crippen LogP contribution >= 0.6 is 11.3 Å². The maximum absolute atomic E-state index is 4.65. The van der Waals surface area contributed by atoms with Crippen molar-refractivity contribution in [3.8, 4) is 10.8 Å². The third-order valence-electron chi connectivity index (χ3n) is 4.07. The van der Waals surface area contributed by atoms with E-state index in [-0.39, 0.29) is 0 Å². The minimum Gasteiger partial charge on any atom is -0.296 e. The molecule has 0 radical (unpaired) electrons. The molecule has 3 heterocycles. The molecule has 0 unspecified atom stereocenters. The quantitative estimate of drug-likeness (QED) is 0.494. The maximum atomic E-state index is 4.65. The van der Waals surface area contributed by atoms with E-state index in [4.69, 9.17) is 0 Å². The van der Waals surface area contributed by atoms with Crippen molar-refractivity contribution in [2.24, 2.45) is 0 Å². The van der Waals surface area contributed by atoms with Crippen molar-refractivity contribution in [3.63, 3.8) is 0 Å². The highest BCUT2D eigenvalue weighted by Crippen LogP contribution is 2.20. The Labute approximate surface area is 162 Å². The van der Waals surface area contributed by atoms with Crippen LogP contribution in [0.15, 0.2) is 66.6 Å². The summed E-state index contributed by atoms with van der Waals surface area (Å²) in [6.45, 7) is 2.38. The molecule has 27 heavy (non-hydrogen) atoms. The topological polar surface area (TPSA) is 59.7 Å². The molecule has 0 amide bonds. The van der Waals surface area contributed by atoms with Crippen molar-refractivity contribution < 1.29 is 0 Å². The number of aromatic nitrogens is 5. The smallest absolute Gasteiger partial charge is 0.188 e. The lowest BCUT2D eigenvalue weighted by molar-refractivity contribution is 0.316. The van der Waals surface area contributed by atoms with Crippen molar-refractivity contribution in [2.75, 3.05) is 7.05 Å². The number of rotatable bonds is 7. The average molecular weight is 376 g/mol. The van der Waals surface area contributed by atoms with Gasteiger partial charge in [0, 0.05) is 42.6 Å². The van der Waals surface area contributed by atoms with Gasteiger partial charge < -0.3 is 0 Å². The van der Waals surface area contributed by atoms with Gasteiger partial charge in [0.2, 0.25) is 0 Å². The SMILES string of the molecule is CN(Cc1cnn(Cc2ccccc2)c1)Cc1csc(-c2ncccn2)n1. The minimum atomic E-state index is 0.679. The molecule has 0 atom stereocenters. The molecule has 0 N–H and O–H groups in total. The highest BCUT2D eigenvalue weighted by molar-refractivity contribution is 7.13. The van der Waals surface area contributed by atoms with Crippen LogP contribution in [0.1, 0.15) is 16.8 Å². The molecule has 1 aromatic carbocycles. The second-order valence-corrected chi connectivity index (χ2v) is 7.28. The molecule has 0 saturated heterocycles. The molecule has 136 valence electrons. The molecule has 7 heteroatoms. The Hall–Kier alpha value is -2.90. The fourth-order valence-corrected chi connectivity index (χ4v) is 3.64. The summed E-state index contributed by atoms with van der Waals surface area (Å²) in [6.07, 6.45) is 7.52. The number of benzene rings is 1. The van der Waals surface area contributed by atoms with Crippen molar-refractivity contribution in [2.45, 2.75) is 19.6 Å². The second-order valence-electron chi connectivity index (χ2n) is 6.42. The van der Waals surface area contributed by atoms with Gasteiger partial charge in [0.1, 0.15) is 0 Å². The van der Waals surface area contributed by atoms with Crippen LogP contribution < -0.4 is 0 Å². The molecule has 4 aromatic rings.